The summed E-state index contributed by atoms with van der Waals surface area (Å²) in [6.45, 7) is 3.52. The Bertz CT molecular complexity index is 854. The minimum atomic E-state index is -1.06. The molecule has 4 nitrogen and oxygen atoms in total. The number of aromatic nitrogens is 1. The van der Waals surface area contributed by atoms with Crippen LogP contribution in [0.25, 0.3) is 0 Å². The second-order valence-corrected chi connectivity index (χ2v) is 5.83. The van der Waals surface area contributed by atoms with Crippen molar-refractivity contribution in [1.29, 1.82) is 0 Å². The molecule has 6 heteroatoms. The maximum Gasteiger partial charge on any atom is 0.264 e. The second-order valence-electron chi connectivity index (χ2n) is 5.83. The summed E-state index contributed by atoms with van der Waals surface area (Å²) >= 11 is 0. The third-order valence-electron chi connectivity index (χ3n) is 3.95. The number of carbonyl (C=O) groups excluding carboxylic acids is 1. The van der Waals surface area contributed by atoms with Gasteiger partial charge in [-0.15, -0.1) is 0 Å². The highest BCUT2D eigenvalue weighted by Crippen LogP contribution is 2.34. The number of carbonyl (C=O) groups is 1. The molecule has 1 saturated carbocycles. The number of benzene rings is 1. The standard InChI is InChI=1S/C17H16F2N2O2/c1-9-7-10(2)21(12-4-5-12)17(23)15(9)16(22)20-11-3-6-13(18)14(19)8-11/h3,6-8,12H,4-5H2,1-2H3,(H,20,22). The van der Waals surface area contributed by atoms with Crippen molar-refractivity contribution in [2.45, 2.75) is 32.7 Å². The quantitative estimate of drug-likeness (QED) is 0.944. The second kappa shape index (κ2) is 5.61. The summed E-state index contributed by atoms with van der Waals surface area (Å²) in [4.78, 5) is 25.0. The number of anilines is 1. The van der Waals surface area contributed by atoms with E-state index < -0.39 is 17.5 Å². The van der Waals surface area contributed by atoms with E-state index in [-0.39, 0.29) is 22.9 Å². The van der Waals surface area contributed by atoms with E-state index >= 15 is 0 Å². The zero-order valence-electron chi connectivity index (χ0n) is 12.8. The molecular formula is C17H16F2N2O2. The molecule has 3 rings (SSSR count). The molecular weight excluding hydrogens is 302 g/mol. The lowest BCUT2D eigenvalue weighted by atomic mass is 10.1. The number of nitrogens with zero attached hydrogens (tertiary/aromatic N) is 1. The Labute approximate surface area is 131 Å². The molecule has 1 N–H and O–H groups in total. The fraction of sp³-hybridized carbons (Fsp3) is 0.294. The van der Waals surface area contributed by atoms with Crippen LogP contribution < -0.4 is 10.9 Å². The van der Waals surface area contributed by atoms with E-state index in [1.54, 1.807) is 17.6 Å². The highest BCUT2D eigenvalue weighted by molar-refractivity contribution is 6.05. The van der Waals surface area contributed by atoms with Gasteiger partial charge in [0.05, 0.1) is 0 Å². The van der Waals surface area contributed by atoms with Gasteiger partial charge in [0.25, 0.3) is 11.5 Å². The van der Waals surface area contributed by atoms with Gasteiger partial charge in [0.1, 0.15) is 5.56 Å². The van der Waals surface area contributed by atoms with Crippen molar-refractivity contribution in [3.05, 3.63) is 63.1 Å². The Morgan fingerprint density at radius 2 is 1.87 bits per heavy atom. The van der Waals surface area contributed by atoms with Gasteiger partial charge in [-0.25, -0.2) is 8.78 Å². The number of hydrogen-bond donors (Lipinski definition) is 1. The first kappa shape index (κ1) is 15.4. The lowest BCUT2D eigenvalue weighted by Crippen LogP contribution is -2.31. The van der Waals surface area contributed by atoms with Crippen LogP contribution in [-0.4, -0.2) is 10.5 Å². The molecule has 0 bridgehead atoms. The molecule has 1 aromatic carbocycles. The zero-order valence-corrected chi connectivity index (χ0v) is 12.8. The minimum absolute atomic E-state index is 0.0345. The lowest BCUT2D eigenvalue weighted by molar-refractivity contribution is 0.102. The SMILES string of the molecule is Cc1cc(C)n(C2CC2)c(=O)c1C(=O)Nc1ccc(F)c(F)c1. The molecule has 1 heterocycles. The van der Waals surface area contributed by atoms with Crippen molar-refractivity contribution in [3.63, 3.8) is 0 Å². The number of nitrogens with one attached hydrogen (secondary N) is 1. The first-order chi connectivity index (χ1) is 10.9. The lowest BCUT2D eigenvalue weighted by Gasteiger charge is -2.14. The summed E-state index contributed by atoms with van der Waals surface area (Å²) in [5.41, 5.74) is 1.17. The molecule has 0 saturated heterocycles. The monoisotopic (exact) mass is 318 g/mol. The Morgan fingerprint density at radius 3 is 2.48 bits per heavy atom. The average Bonchev–Trinajstić information content (AvgIpc) is 3.27. The Morgan fingerprint density at radius 1 is 1.17 bits per heavy atom. The third-order valence-corrected chi connectivity index (χ3v) is 3.95. The summed E-state index contributed by atoms with van der Waals surface area (Å²) < 4.78 is 27.8. The average molecular weight is 318 g/mol. The molecule has 23 heavy (non-hydrogen) atoms. The van der Waals surface area contributed by atoms with Gasteiger partial charge in [0.2, 0.25) is 0 Å². The molecule has 1 amide bonds. The van der Waals surface area contributed by atoms with Crippen LogP contribution in [0.1, 0.15) is 40.5 Å². The highest BCUT2D eigenvalue weighted by atomic mass is 19.2. The number of amides is 1. The first-order valence-corrected chi connectivity index (χ1v) is 7.37. The molecule has 120 valence electrons. The molecule has 1 aliphatic carbocycles. The summed E-state index contributed by atoms with van der Waals surface area (Å²) in [6.07, 6.45) is 1.85. The molecule has 0 unspecified atom stereocenters. The van der Waals surface area contributed by atoms with Crippen LogP contribution in [0.2, 0.25) is 0 Å². The van der Waals surface area contributed by atoms with E-state index in [1.807, 2.05) is 6.92 Å². The topological polar surface area (TPSA) is 51.1 Å². The van der Waals surface area contributed by atoms with Gasteiger partial charge in [0, 0.05) is 23.5 Å². The van der Waals surface area contributed by atoms with Crippen LogP contribution in [0.3, 0.4) is 0 Å². The number of rotatable bonds is 3. The van der Waals surface area contributed by atoms with E-state index in [0.717, 1.165) is 30.7 Å². The van der Waals surface area contributed by atoms with Crippen molar-refractivity contribution < 1.29 is 13.6 Å². The Kier molecular flexibility index (Phi) is 3.75. The summed E-state index contributed by atoms with van der Waals surface area (Å²) in [7, 11) is 0. The van der Waals surface area contributed by atoms with Crippen LogP contribution in [0, 0.1) is 25.5 Å². The van der Waals surface area contributed by atoms with Crippen LogP contribution >= 0.6 is 0 Å². The normalized spacial score (nSPS) is 13.9. The van der Waals surface area contributed by atoms with Crippen LogP contribution in [0.4, 0.5) is 14.5 Å². The fourth-order valence-corrected chi connectivity index (χ4v) is 2.73. The van der Waals surface area contributed by atoms with Crippen molar-refractivity contribution in [2.24, 2.45) is 0 Å². The highest BCUT2D eigenvalue weighted by Gasteiger charge is 2.28. The van der Waals surface area contributed by atoms with Crippen molar-refractivity contribution in [1.82, 2.24) is 4.57 Å². The molecule has 1 fully saturated rings. The van der Waals surface area contributed by atoms with Crippen LogP contribution in [-0.2, 0) is 0 Å². The molecule has 1 aromatic heterocycles. The Hall–Kier alpha value is -2.50. The van der Waals surface area contributed by atoms with Crippen molar-refractivity contribution in [3.8, 4) is 0 Å². The summed E-state index contributed by atoms with van der Waals surface area (Å²) in [5, 5.41) is 2.46. The van der Waals surface area contributed by atoms with Crippen LogP contribution in [0.15, 0.2) is 29.1 Å². The number of halogens is 2. The van der Waals surface area contributed by atoms with Crippen LogP contribution in [0.5, 0.6) is 0 Å². The van der Waals surface area contributed by atoms with E-state index in [1.165, 1.54) is 6.07 Å². The van der Waals surface area contributed by atoms with Crippen molar-refractivity contribution >= 4 is 11.6 Å². The number of hydrogen-bond acceptors (Lipinski definition) is 2. The first-order valence-electron chi connectivity index (χ1n) is 7.37. The van der Waals surface area contributed by atoms with E-state index in [0.29, 0.717) is 5.56 Å². The summed E-state index contributed by atoms with van der Waals surface area (Å²) in [6, 6.07) is 5.00. The van der Waals surface area contributed by atoms with Gasteiger partial charge in [-0.05, 0) is 50.5 Å². The maximum absolute atomic E-state index is 13.2. The van der Waals surface area contributed by atoms with Gasteiger partial charge in [-0.1, -0.05) is 0 Å². The maximum atomic E-state index is 13.2. The number of aryl methyl sites for hydroxylation is 2. The van der Waals surface area contributed by atoms with Gasteiger partial charge in [-0.2, -0.15) is 0 Å². The van der Waals surface area contributed by atoms with Gasteiger partial charge in [-0.3, -0.25) is 9.59 Å². The molecule has 0 radical (unpaired) electrons. The third kappa shape index (κ3) is 2.88. The van der Waals surface area contributed by atoms with Gasteiger partial charge < -0.3 is 9.88 Å². The molecule has 2 aromatic rings. The largest absolute Gasteiger partial charge is 0.322 e. The summed E-state index contributed by atoms with van der Waals surface area (Å²) in [5.74, 6) is -2.67. The van der Waals surface area contributed by atoms with Gasteiger partial charge in [0.15, 0.2) is 11.6 Å². The molecule has 0 atom stereocenters. The fourth-order valence-electron chi connectivity index (χ4n) is 2.73. The Balaban J connectivity index is 1.97. The molecule has 1 aliphatic rings. The predicted molar refractivity (Wildman–Crippen MR) is 82.8 cm³/mol. The van der Waals surface area contributed by atoms with E-state index in [2.05, 4.69) is 5.32 Å². The molecule has 0 spiro atoms. The van der Waals surface area contributed by atoms with E-state index in [9.17, 15) is 18.4 Å². The molecule has 0 aliphatic heterocycles. The predicted octanol–water partition coefficient (Wildman–Crippen LogP) is 3.33. The zero-order chi connectivity index (χ0) is 16.7. The number of pyridine rings is 1. The van der Waals surface area contributed by atoms with Gasteiger partial charge >= 0.3 is 0 Å². The van der Waals surface area contributed by atoms with Crippen molar-refractivity contribution in [2.75, 3.05) is 5.32 Å². The smallest absolute Gasteiger partial charge is 0.264 e. The minimum Gasteiger partial charge on any atom is -0.322 e. The van der Waals surface area contributed by atoms with E-state index in [4.69, 9.17) is 0 Å².